The molecule has 0 aliphatic heterocycles. The molecule has 15 heavy (non-hydrogen) atoms. The molecule has 0 saturated heterocycles. The monoisotopic (exact) mass is 200 g/mol. The molecule has 0 heterocycles. The average molecular weight is 200 g/mol. The highest BCUT2D eigenvalue weighted by molar-refractivity contribution is 5.85. The Kier molecular flexibility index (Phi) is 2.99. The summed E-state index contributed by atoms with van der Waals surface area (Å²) in [5, 5.41) is 4.60. The van der Waals surface area contributed by atoms with Crippen molar-refractivity contribution in [3.63, 3.8) is 0 Å². The lowest BCUT2D eigenvalue weighted by molar-refractivity contribution is 0.286. The van der Waals surface area contributed by atoms with E-state index < -0.39 is 0 Å². The SMILES string of the molecule is CN(C)NCc1cccc2ccccc12. The van der Waals surface area contributed by atoms with Crippen LogP contribution in [-0.4, -0.2) is 19.1 Å². The summed E-state index contributed by atoms with van der Waals surface area (Å²) >= 11 is 0. The van der Waals surface area contributed by atoms with Crippen molar-refractivity contribution >= 4 is 10.8 Å². The normalized spacial score (nSPS) is 11.1. The topological polar surface area (TPSA) is 15.3 Å². The van der Waals surface area contributed by atoms with Gasteiger partial charge in [0.2, 0.25) is 0 Å². The summed E-state index contributed by atoms with van der Waals surface area (Å²) in [6.45, 7) is 0.869. The Hall–Kier alpha value is -1.38. The summed E-state index contributed by atoms with van der Waals surface area (Å²) in [7, 11) is 4.01. The quantitative estimate of drug-likeness (QED) is 0.765. The second-order valence-corrected chi connectivity index (χ2v) is 3.87. The van der Waals surface area contributed by atoms with Gasteiger partial charge in [-0.1, -0.05) is 42.5 Å². The summed E-state index contributed by atoms with van der Waals surface area (Å²) in [5.74, 6) is 0. The average Bonchev–Trinajstić information content (AvgIpc) is 2.26. The van der Waals surface area contributed by atoms with E-state index in [1.54, 1.807) is 0 Å². The number of rotatable bonds is 3. The minimum absolute atomic E-state index is 0.869. The van der Waals surface area contributed by atoms with Gasteiger partial charge in [-0.05, 0) is 16.3 Å². The van der Waals surface area contributed by atoms with E-state index in [-0.39, 0.29) is 0 Å². The highest BCUT2D eigenvalue weighted by Crippen LogP contribution is 2.17. The Balaban J connectivity index is 2.34. The van der Waals surface area contributed by atoms with Crippen LogP contribution in [0.25, 0.3) is 10.8 Å². The maximum Gasteiger partial charge on any atom is 0.0359 e. The van der Waals surface area contributed by atoms with E-state index in [1.165, 1.54) is 16.3 Å². The fraction of sp³-hybridized carbons (Fsp3) is 0.231. The second kappa shape index (κ2) is 4.43. The van der Waals surface area contributed by atoms with E-state index in [0.29, 0.717) is 0 Å². The van der Waals surface area contributed by atoms with Crippen molar-refractivity contribution in [1.82, 2.24) is 10.4 Å². The Morgan fingerprint density at radius 2 is 1.73 bits per heavy atom. The Labute approximate surface area is 90.5 Å². The van der Waals surface area contributed by atoms with E-state index in [2.05, 4.69) is 47.9 Å². The van der Waals surface area contributed by atoms with Gasteiger partial charge >= 0.3 is 0 Å². The first kappa shape index (κ1) is 10.1. The fourth-order valence-corrected chi connectivity index (χ4v) is 1.69. The van der Waals surface area contributed by atoms with Crippen molar-refractivity contribution in [2.45, 2.75) is 6.54 Å². The van der Waals surface area contributed by atoms with Gasteiger partial charge in [-0.25, -0.2) is 0 Å². The summed E-state index contributed by atoms with van der Waals surface area (Å²) < 4.78 is 0. The number of fused-ring (bicyclic) bond motifs is 1. The molecular formula is C13H16N2. The molecule has 0 radical (unpaired) electrons. The molecule has 0 atom stereocenters. The van der Waals surface area contributed by atoms with Crippen molar-refractivity contribution in [3.8, 4) is 0 Å². The lowest BCUT2D eigenvalue weighted by Crippen LogP contribution is -2.29. The molecule has 2 nitrogen and oxygen atoms in total. The maximum absolute atomic E-state index is 3.29. The first-order valence-electron chi connectivity index (χ1n) is 5.15. The Morgan fingerprint density at radius 3 is 2.53 bits per heavy atom. The van der Waals surface area contributed by atoms with Crippen molar-refractivity contribution in [2.75, 3.05) is 14.1 Å². The predicted molar refractivity (Wildman–Crippen MR) is 64.5 cm³/mol. The van der Waals surface area contributed by atoms with Gasteiger partial charge in [-0.15, -0.1) is 0 Å². The van der Waals surface area contributed by atoms with Gasteiger partial charge in [0, 0.05) is 20.6 Å². The lowest BCUT2D eigenvalue weighted by Gasteiger charge is -2.13. The number of hydrogen-bond donors (Lipinski definition) is 1. The summed E-state index contributed by atoms with van der Waals surface area (Å²) in [5.41, 5.74) is 4.62. The molecule has 0 aliphatic rings. The third-order valence-corrected chi connectivity index (χ3v) is 2.47. The second-order valence-electron chi connectivity index (χ2n) is 3.87. The van der Waals surface area contributed by atoms with E-state index >= 15 is 0 Å². The molecule has 2 aromatic carbocycles. The van der Waals surface area contributed by atoms with Crippen LogP contribution in [0.3, 0.4) is 0 Å². The Bertz CT molecular complexity index is 444. The largest absolute Gasteiger partial charge is 0.251 e. The standard InChI is InChI=1S/C13H16N2/c1-15(2)14-10-12-8-5-7-11-6-3-4-9-13(11)12/h3-9,14H,10H2,1-2H3. The number of nitrogens with one attached hydrogen (secondary N) is 1. The zero-order valence-corrected chi connectivity index (χ0v) is 9.20. The molecule has 2 rings (SSSR count). The number of hydrazine groups is 1. The van der Waals surface area contributed by atoms with Crippen molar-refractivity contribution in [3.05, 3.63) is 48.0 Å². The Morgan fingerprint density at radius 1 is 1.00 bits per heavy atom. The minimum Gasteiger partial charge on any atom is -0.251 e. The van der Waals surface area contributed by atoms with E-state index in [4.69, 9.17) is 0 Å². The van der Waals surface area contributed by atoms with Crippen LogP contribution in [0.5, 0.6) is 0 Å². The van der Waals surface area contributed by atoms with Gasteiger partial charge in [0.05, 0.1) is 0 Å². The van der Waals surface area contributed by atoms with Crippen molar-refractivity contribution in [2.24, 2.45) is 0 Å². The van der Waals surface area contributed by atoms with E-state index in [1.807, 2.05) is 19.1 Å². The van der Waals surface area contributed by atoms with Gasteiger partial charge in [0.15, 0.2) is 0 Å². The lowest BCUT2D eigenvalue weighted by atomic mass is 10.1. The van der Waals surface area contributed by atoms with Crippen LogP contribution in [-0.2, 0) is 6.54 Å². The fourth-order valence-electron chi connectivity index (χ4n) is 1.69. The van der Waals surface area contributed by atoms with E-state index in [9.17, 15) is 0 Å². The smallest absolute Gasteiger partial charge is 0.0359 e. The molecule has 0 aliphatic carbocycles. The third-order valence-electron chi connectivity index (χ3n) is 2.47. The molecular weight excluding hydrogens is 184 g/mol. The van der Waals surface area contributed by atoms with Crippen LogP contribution in [0.2, 0.25) is 0 Å². The summed E-state index contributed by atoms with van der Waals surface area (Å²) in [4.78, 5) is 0. The van der Waals surface area contributed by atoms with E-state index in [0.717, 1.165) is 6.54 Å². The number of hydrogen-bond acceptors (Lipinski definition) is 2. The zero-order chi connectivity index (χ0) is 10.7. The third kappa shape index (κ3) is 2.35. The molecule has 0 fully saturated rings. The zero-order valence-electron chi connectivity index (χ0n) is 9.20. The van der Waals surface area contributed by atoms with Gasteiger partial charge in [-0.3, -0.25) is 10.4 Å². The van der Waals surface area contributed by atoms with Gasteiger partial charge in [-0.2, -0.15) is 0 Å². The minimum atomic E-state index is 0.869. The van der Waals surface area contributed by atoms with Gasteiger partial charge in [0.1, 0.15) is 0 Å². The molecule has 78 valence electrons. The van der Waals surface area contributed by atoms with Crippen molar-refractivity contribution < 1.29 is 0 Å². The highest BCUT2D eigenvalue weighted by atomic mass is 15.5. The summed E-state index contributed by atoms with van der Waals surface area (Å²) in [6.07, 6.45) is 0. The van der Waals surface area contributed by atoms with Crippen LogP contribution in [0.15, 0.2) is 42.5 Å². The predicted octanol–water partition coefficient (Wildman–Crippen LogP) is 2.41. The molecule has 0 aromatic heterocycles. The molecule has 2 aromatic rings. The van der Waals surface area contributed by atoms with Crippen LogP contribution in [0, 0.1) is 0 Å². The molecule has 0 unspecified atom stereocenters. The van der Waals surface area contributed by atoms with Gasteiger partial charge in [0.25, 0.3) is 0 Å². The van der Waals surface area contributed by atoms with Crippen LogP contribution < -0.4 is 5.43 Å². The maximum atomic E-state index is 3.29. The molecule has 0 saturated carbocycles. The highest BCUT2D eigenvalue weighted by Gasteiger charge is 1.99. The van der Waals surface area contributed by atoms with Crippen LogP contribution >= 0.6 is 0 Å². The van der Waals surface area contributed by atoms with Gasteiger partial charge < -0.3 is 0 Å². The number of benzene rings is 2. The van der Waals surface area contributed by atoms with Crippen LogP contribution in [0.1, 0.15) is 5.56 Å². The molecule has 0 spiro atoms. The first-order chi connectivity index (χ1) is 7.27. The first-order valence-corrected chi connectivity index (χ1v) is 5.15. The van der Waals surface area contributed by atoms with Crippen molar-refractivity contribution in [1.29, 1.82) is 0 Å². The molecule has 0 amide bonds. The number of nitrogens with zero attached hydrogens (tertiary/aromatic N) is 1. The molecule has 2 heteroatoms. The molecule has 1 N–H and O–H groups in total. The molecule has 0 bridgehead atoms. The van der Waals surface area contributed by atoms with Crippen LogP contribution in [0.4, 0.5) is 0 Å². The summed E-state index contributed by atoms with van der Waals surface area (Å²) in [6, 6.07) is 14.9.